The molecule has 0 amide bonds. The molecule has 150 valence electrons. The number of benzene rings is 1. The van der Waals surface area contributed by atoms with Crippen LogP contribution in [0.2, 0.25) is 0 Å². The van der Waals surface area contributed by atoms with Gasteiger partial charge >= 0.3 is 0 Å². The Morgan fingerprint density at radius 3 is 2.07 bits per heavy atom. The summed E-state index contributed by atoms with van der Waals surface area (Å²) in [5.74, 6) is 1.97. The molecule has 3 rings (SSSR count). The summed E-state index contributed by atoms with van der Waals surface area (Å²) >= 11 is 0. The van der Waals surface area contributed by atoms with Crippen molar-refractivity contribution in [3.63, 3.8) is 0 Å². The quantitative estimate of drug-likeness (QED) is 0.366. The highest BCUT2D eigenvalue weighted by Crippen LogP contribution is 2.39. The summed E-state index contributed by atoms with van der Waals surface area (Å²) in [6.07, 6.45) is 17.7. The molecule has 0 spiro atoms. The summed E-state index contributed by atoms with van der Waals surface area (Å²) < 4.78 is 25.9. The van der Waals surface area contributed by atoms with Crippen LogP contribution in [0, 0.1) is 34.9 Å². The molecular formula is C25H31F2N. The Bertz CT molecular complexity index is 697. The molecule has 1 aromatic rings. The van der Waals surface area contributed by atoms with Crippen LogP contribution in [0.1, 0.15) is 75.7 Å². The Morgan fingerprint density at radius 2 is 1.50 bits per heavy atom. The molecule has 0 aliphatic heterocycles. The summed E-state index contributed by atoms with van der Waals surface area (Å²) in [6, 6.07) is 8.59. The lowest BCUT2D eigenvalue weighted by Gasteiger charge is -2.31. The highest BCUT2D eigenvalue weighted by Gasteiger charge is 2.24. The zero-order chi connectivity index (χ0) is 19.8. The van der Waals surface area contributed by atoms with Gasteiger partial charge in [0, 0.05) is 0 Å². The normalized spacial score (nSPS) is 29.0. The first-order valence-corrected chi connectivity index (χ1v) is 10.8. The van der Waals surface area contributed by atoms with E-state index in [-0.39, 0.29) is 5.82 Å². The molecule has 3 heteroatoms. The van der Waals surface area contributed by atoms with Crippen molar-refractivity contribution in [3.05, 3.63) is 59.7 Å². The molecule has 0 unspecified atom stereocenters. The largest absolute Gasteiger partial charge is 0.207 e. The van der Waals surface area contributed by atoms with Crippen LogP contribution in [0.4, 0.5) is 8.78 Å². The van der Waals surface area contributed by atoms with Crippen LogP contribution >= 0.6 is 0 Å². The van der Waals surface area contributed by atoms with Crippen LogP contribution in [0.15, 0.2) is 48.3 Å². The number of hydrogen-bond acceptors (Lipinski definition) is 1. The van der Waals surface area contributed by atoms with Crippen molar-refractivity contribution in [2.45, 2.75) is 70.1 Å². The van der Waals surface area contributed by atoms with Crippen LogP contribution < -0.4 is 0 Å². The lowest BCUT2D eigenvalue weighted by Crippen LogP contribution is -2.17. The maximum atomic E-state index is 13.1. The molecule has 0 bridgehead atoms. The first-order valence-electron chi connectivity index (χ1n) is 10.8. The van der Waals surface area contributed by atoms with Crippen LogP contribution in [0.5, 0.6) is 0 Å². The molecule has 0 N–H and O–H groups in total. The molecular weight excluding hydrogens is 352 g/mol. The standard InChI is InChI=1S/C25H31F2N/c26-24-16-14-23(15-17-24)22-12-10-21(11-13-22)9-8-20-6-4-19(5-7-20)2-1-3-25(27)18-28/h1-3,14-17,19-22H,4-13H2/t19-,20-,21-,22-. The Morgan fingerprint density at radius 1 is 0.929 bits per heavy atom. The Hall–Kier alpha value is -1.95. The van der Waals surface area contributed by atoms with Gasteiger partial charge in [0.2, 0.25) is 0 Å². The highest BCUT2D eigenvalue weighted by molar-refractivity contribution is 5.21. The second-order valence-corrected chi connectivity index (χ2v) is 8.64. The topological polar surface area (TPSA) is 23.8 Å². The summed E-state index contributed by atoms with van der Waals surface area (Å²) in [6.45, 7) is 0. The lowest BCUT2D eigenvalue weighted by atomic mass is 9.74. The predicted octanol–water partition coefficient (Wildman–Crippen LogP) is 7.62. The van der Waals surface area contributed by atoms with E-state index in [1.165, 1.54) is 81.9 Å². The summed E-state index contributed by atoms with van der Waals surface area (Å²) in [7, 11) is 0. The van der Waals surface area contributed by atoms with E-state index in [0.29, 0.717) is 11.8 Å². The van der Waals surface area contributed by atoms with Gasteiger partial charge in [-0.1, -0.05) is 37.1 Å². The number of hydrogen-bond donors (Lipinski definition) is 0. The first kappa shape index (κ1) is 20.8. The van der Waals surface area contributed by atoms with Crippen molar-refractivity contribution in [1.82, 2.24) is 0 Å². The van der Waals surface area contributed by atoms with Gasteiger partial charge in [-0.15, -0.1) is 0 Å². The molecule has 0 atom stereocenters. The van der Waals surface area contributed by atoms with E-state index in [1.807, 2.05) is 12.1 Å². The number of rotatable bonds is 6. The summed E-state index contributed by atoms with van der Waals surface area (Å²) in [4.78, 5) is 0. The van der Waals surface area contributed by atoms with Gasteiger partial charge in [-0.05, 0) is 98.8 Å². The van der Waals surface area contributed by atoms with Crippen molar-refractivity contribution < 1.29 is 8.78 Å². The fraction of sp³-hybridized carbons (Fsp3) is 0.560. The van der Waals surface area contributed by atoms with E-state index in [4.69, 9.17) is 5.26 Å². The minimum Gasteiger partial charge on any atom is -0.207 e. The minimum atomic E-state index is -0.723. The van der Waals surface area contributed by atoms with Crippen molar-refractivity contribution in [2.75, 3.05) is 0 Å². The van der Waals surface area contributed by atoms with E-state index < -0.39 is 5.83 Å². The van der Waals surface area contributed by atoms with E-state index in [0.717, 1.165) is 11.8 Å². The molecule has 1 aromatic carbocycles. The van der Waals surface area contributed by atoms with Gasteiger partial charge in [0.05, 0.1) is 0 Å². The predicted molar refractivity (Wildman–Crippen MR) is 110 cm³/mol. The second kappa shape index (κ2) is 10.6. The Balaban J connectivity index is 1.33. The third-order valence-corrected chi connectivity index (χ3v) is 6.80. The maximum Gasteiger partial charge on any atom is 0.199 e. The zero-order valence-corrected chi connectivity index (χ0v) is 16.6. The third-order valence-electron chi connectivity index (χ3n) is 6.80. The molecule has 1 nitrogen and oxygen atoms in total. The van der Waals surface area contributed by atoms with Gasteiger partial charge in [-0.25, -0.2) is 4.39 Å². The third kappa shape index (κ3) is 6.30. The van der Waals surface area contributed by atoms with Gasteiger partial charge in [-0.3, -0.25) is 0 Å². The molecule has 0 radical (unpaired) electrons. The van der Waals surface area contributed by atoms with Crippen LogP contribution in [0.3, 0.4) is 0 Å². The van der Waals surface area contributed by atoms with Gasteiger partial charge in [0.1, 0.15) is 11.9 Å². The average molecular weight is 384 g/mol. The lowest BCUT2D eigenvalue weighted by molar-refractivity contribution is 0.246. The fourth-order valence-electron chi connectivity index (χ4n) is 4.99. The Labute approximate surface area is 168 Å². The maximum absolute atomic E-state index is 13.1. The first-order chi connectivity index (χ1) is 13.6. The van der Waals surface area contributed by atoms with E-state index in [1.54, 1.807) is 18.2 Å². The van der Waals surface area contributed by atoms with Crippen LogP contribution in [-0.4, -0.2) is 0 Å². The fourth-order valence-corrected chi connectivity index (χ4v) is 4.99. The molecule has 0 aromatic heterocycles. The molecule has 28 heavy (non-hydrogen) atoms. The van der Waals surface area contributed by atoms with Crippen molar-refractivity contribution in [3.8, 4) is 6.07 Å². The Kier molecular flexibility index (Phi) is 7.83. The van der Waals surface area contributed by atoms with Gasteiger partial charge < -0.3 is 0 Å². The summed E-state index contributed by atoms with van der Waals surface area (Å²) in [5, 5.41) is 8.41. The second-order valence-electron chi connectivity index (χ2n) is 8.64. The molecule has 0 saturated heterocycles. The molecule has 2 saturated carbocycles. The smallest absolute Gasteiger partial charge is 0.199 e. The van der Waals surface area contributed by atoms with E-state index >= 15 is 0 Å². The van der Waals surface area contributed by atoms with E-state index in [2.05, 4.69) is 6.08 Å². The van der Waals surface area contributed by atoms with Crippen molar-refractivity contribution in [1.29, 1.82) is 5.26 Å². The van der Waals surface area contributed by atoms with Crippen molar-refractivity contribution >= 4 is 0 Å². The SMILES string of the molecule is N#CC(F)=CC=C[C@H]1CC[C@H](CC[C@H]2CC[C@H](c3ccc(F)cc3)CC2)CC1. The number of nitrogens with zero attached hydrogens (tertiary/aromatic N) is 1. The van der Waals surface area contributed by atoms with Crippen molar-refractivity contribution in [2.24, 2.45) is 17.8 Å². The molecule has 0 heterocycles. The molecule has 2 aliphatic carbocycles. The number of halogens is 2. The monoisotopic (exact) mass is 383 g/mol. The van der Waals surface area contributed by atoms with Crippen LogP contribution in [-0.2, 0) is 0 Å². The molecule has 2 fully saturated rings. The molecule has 2 aliphatic rings. The number of allylic oxidation sites excluding steroid dienone is 4. The van der Waals surface area contributed by atoms with Gasteiger partial charge in [0.25, 0.3) is 0 Å². The average Bonchev–Trinajstić information content (AvgIpc) is 2.74. The minimum absolute atomic E-state index is 0.145. The number of nitriles is 1. The summed E-state index contributed by atoms with van der Waals surface area (Å²) in [5.41, 5.74) is 1.30. The van der Waals surface area contributed by atoms with Crippen LogP contribution in [0.25, 0.3) is 0 Å². The van der Waals surface area contributed by atoms with Gasteiger partial charge in [-0.2, -0.15) is 9.65 Å². The highest BCUT2D eigenvalue weighted by atomic mass is 19.1. The zero-order valence-electron chi connectivity index (χ0n) is 16.6. The van der Waals surface area contributed by atoms with E-state index in [9.17, 15) is 8.78 Å². The van der Waals surface area contributed by atoms with Gasteiger partial charge in [0.15, 0.2) is 5.83 Å².